The number of aromatic nitrogens is 2. The number of carbonyl (C=O) groups excluding carboxylic acids is 1. The Morgan fingerprint density at radius 1 is 1.63 bits per heavy atom. The monoisotopic (exact) mass is 302 g/mol. The molecule has 0 saturated heterocycles. The van der Waals surface area contributed by atoms with E-state index in [1.165, 1.54) is 16.7 Å². The van der Waals surface area contributed by atoms with Gasteiger partial charge in [-0.05, 0) is 32.1 Å². The highest BCUT2D eigenvalue weighted by Crippen LogP contribution is 2.25. The normalized spacial score (nSPS) is 12.6. The zero-order valence-corrected chi connectivity index (χ0v) is 11.9. The Bertz CT molecular complexity index is 695. The molecule has 0 spiro atoms. The lowest BCUT2D eigenvalue weighted by molar-refractivity contribution is -0.146. The first-order valence-electron chi connectivity index (χ1n) is 5.71. The topological polar surface area (TPSA) is 47.0 Å². The maximum Gasteiger partial charge on any atom is 0.328 e. The largest absolute Gasteiger partial charge is 0.464 e. The molecule has 1 heterocycles. The van der Waals surface area contributed by atoms with E-state index in [0.29, 0.717) is 15.8 Å². The van der Waals surface area contributed by atoms with Crippen LogP contribution < -0.4 is 0 Å². The van der Waals surface area contributed by atoms with E-state index in [1.807, 2.05) is 0 Å². The summed E-state index contributed by atoms with van der Waals surface area (Å²) in [5, 5.41) is -0.000289. The smallest absolute Gasteiger partial charge is 0.328 e. The van der Waals surface area contributed by atoms with Crippen LogP contribution in [0.25, 0.3) is 11.0 Å². The summed E-state index contributed by atoms with van der Waals surface area (Å²) in [6, 6.07) is 2.05. The highest BCUT2D eigenvalue weighted by atomic mass is 35.5. The van der Waals surface area contributed by atoms with Gasteiger partial charge in [-0.25, -0.2) is 9.18 Å². The molecule has 2 rings (SSSR count). The van der Waals surface area contributed by atoms with E-state index < -0.39 is 17.8 Å². The Morgan fingerprint density at radius 2 is 2.32 bits per heavy atom. The molecule has 4 nitrogen and oxygen atoms in total. The number of nitrogens with one attached hydrogen (secondary N) is 1. The predicted molar refractivity (Wildman–Crippen MR) is 73.4 cm³/mol. The van der Waals surface area contributed by atoms with Gasteiger partial charge in [0.15, 0.2) is 4.77 Å². The third-order valence-electron chi connectivity index (χ3n) is 2.77. The third-order valence-corrected chi connectivity index (χ3v) is 3.36. The molecule has 0 amide bonds. The van der Waals surface area contributed by atoms with E-state index in [2.05, 4.69) is 4.98 Å². The summed E-state index contributed by atoms with van der Waals surface area (Å²) in [5.41, 5.74) is 1.06. The van der Waals surface area contributed by atoms with Crippen LogP contribution in [0.3, 0.4) is 0 Å². The van der Waals surface area contributed by atoms with Crippen LogP contribution in [0.1, 0.15) is 19.9 Å². The SMILES string of the molecule is CCOC(=O)C(C)n1c(=S)[nH]c2cc(Cl)c(F)cc21. The lowest BCUT2D eigenvalue weighted by Gasteiger charge is -2.13. The third kappa shape index (κ3) is 2.50. The lowest BCUT2D eigenvalue weighted by atomic mass is 10.2. The van der Waals surface area contributed by atoms with Crippen molar-refractivity contribution in [3.8, 4) is 0 Å². The predicted octanol–water partition coefficient (Wildman–Crippen LogP) is 3.62. The van der Waals surface area contributed by atoms with E-state index in [9.17, 15) is 9.18 Å². The van der Waals surface area contributed by atoms with Crippen molar-refractivity contribution in [3.05, 3.63) is 27.7 Å². The minimum Gasteiger partial charge on any atom is -0.464 e. The van der Waals surface area contributed by atoms with Crippen LogP contribution in [-0.2, 0) is 9.53 Å². The first kappa shape index (κ1) is 14.0. The first-order chi connectivity index (χ1) is 8.95. The van der Waals surface area contributed by atoms with Gasteiger partial charge in [-0.15, -0.1) is 0 Å². The van der Waals surface area contributed by atoms with Crippen LogP contribution >= 0.6 is 23.8 Å². The van der Waals surface area contributed by atoms with Crippen LogP contribution in [0.4, 0.5) is 4.39 Å². The fourth-order valence-electron chi connectivity index (χ4n) is 1.87. The van der Waals surface area contributed by atoms with Crippen LogP contribution in [0.15, 0.2) is 12.1 Å². The van der Waals surface area contributed by atoms with Gasteiger partial charge in [0.1, 0.15) is 11.9 Å². The van der Waals surface area contributed by atoms with Crippen molar-refractivity contribution in [3.63, 3.8) is 0 Å². The molecule has 1 atom stereocenters. The lowest BCUT2D eigenvalue weighted by Crippen LogP contribution is -2.19. The number of aromatic amines is 1. The number of H-pyrrole nitrogens is 1. The zero-order valence-electron chi connectivity index (χ0n) is 10.4. The molecular formula is C12H12ClFN2O2S. The molecule has 19 heavy (non-hydrogen) atoms. The first-order valence-corrected chi connectivity index (χ1v) is 6.50. The minimum absolute atomic E-state index is 0.000289. The molecule has 1 aromatic heterocycles. The number of fused-ring (bicyclic) bond motifs is 1. The number of carbonyl (C=O) groups is 1. The average molecular weight is 303 g/mol. The number of hydrogen-bond donors (Lipinski definition) is 1. The van der Waals surface area contributed by atoms with Crippen LogP contribution in [0.2, 0.25) is 5.02 Å². The summed E-state index contributed by atoms with van der Waals surface area (Å²) < 4.78 is 20.3. The molecular weight excluding hydrogens is 291 g/mol. The molecule has 0 fully saturated rings. The fraction of sp³-hybridized carbons (Fsp3) is 0.333. The van der Waals surface area contributed by atoms with Crippen molar-refractivity contribution < 1.29 is 13.9 Å². The molecule has 0 aliphatic rings. The maximum absolute atomic E-state index is 13.5. The number of hydrogen-bond acceptors (Lipinski definition) is 3. The summed E-state index contributed by atoms with van der Waals surface area (Å²) in [7, 11) is 0. The van der Waals surface area contributed by atoms with E-state index in [-0.39, 0.29) is 11.6 Å². The second-order valence-electron chi connectivity index (χ2n) is 4.01. The van der Waals surface area contributed by atoms with Crippen molar-refractivity contribution in [2.75, 3.05) is 6.61 Å². The van der Waals surface area contributed by atoms with E-state index in [1.54, 1.807) is 13.8 Å². The standard InChI is InChI=1S/C12H12ClFN2O2S/c1-3-18-11(17)6(2)16-10-5-8(14)7(13)4-9(10)15-12(16)19/h4-6H,3H2,1-2H3,(H,15,19). The molecule has 102 valence electrons. The number of halogens is 2. The Hall–Kier alpha value is -1.40. The van der Waals surface area contributed by atoms with E-state index in [0.717, 1.165) is 0 Å². The van der Waals surface area contributed by atoms with Gasteiger partial charge in [0.25, 0.3) is 0 Å². The summed E-state index contributed by atoms with van der Waals surface area (Å²) in [4.78, 5) is 14.7. The van der Waals surface area contributed by atoms with Crippen molar-refractivity contribution in [2.45, 2.75) is 19.9 Å². The van der Waals surface area contributed by atoms with Crippen molar-refractivity contribution in [1.82, 2.24) is 9.55 Å². The van der Waals surface area contributed by atoms with Gasteiger partial charge >= 0.3 is 5.97 Å². The fourth-order valence-corrected chi connectivity index (χ4v) is 2.40. The Morgan fingerprint density at radius 3 is 2.95 bits per heavy atom. The highest BCUT2D eigenvalue weighted by molar-refractivity contribution is 7.71. The molecule has 0 radical (unpaired) electrons. The molecule has 0 bridgehead atoms. The van der Waals surface area contributed by atoms with Crippen LogP contribution in [-0.4, -0.2) is 22.1 Å². The second kappa shape index (κ2) is 5.30. The Balaban J connectivity index is 2.60. The number of esters is 1. The van der Waals surface area contributed by atoms with Crippen molar-refractivity contribution >= 4 is 40.8 Å². The molecule has 0 aliphatic heterocycles. The maximum atomic E-state index is 13.5. The molecule has 0 aliphatic carbocycles. The minimum atomic E-state index is -0.637. The van der Waals surface area contributed by atoms with Gasteiger partial charge in [0.05, 0.1) is 22.7 Å². The Kier molecular flexibility index (Phi) is 3.91. The second-order valence-corrected chi connectivity index (χ2v) is 4.81. The molecule has 0 saturated carbocycles. The summed E-state index contributed by atoms with van der Waals surface area (Å²) in [6.45, 7) is 3.64. The summed E-state index contributed by atoms with van der Waals surface area (Å²) in [6.07, 6.45) is 0. The highest BCUT2D eigenvalue weighted by Gasteiger charge is 2.20. The Labute approximate surface area is 119 Å². The zero-order chi connectivity index (χ0) is 14.2. The number of nitrogens with zero attached hydrogens (tertiary/aromatic N) is 1. The van der Waals surface area contributed by atoms with Gasteiger partial charge < -0.3 is 14.3 Å². The molecule has 2 aromatic rings. The quantitative estimate of drug-likeness (QED) is 0.696. The van der Waals surface area contributed by atoms with Gasteiger partial charge in [0.2, 0.25) is 0 Å². The number of imidazole rings is 1. The molecule has 1 aromatic carbocycles. The summed E-state index contributed by atoms with van der Waals surface area (Å²) >= 11 is 10.9. The molecule has 7 heteroatoms. The van der Waals surface area contributed by atoms with E-state index >= 15 is 0 Å². The van der Waals surface area contributed by atoms with Gasteiger partial charge in [-0.3, -0.25) is 0 Å². The van der Waals surface area contributed by atoms with Crippen molar-refractivity contribution in [1.29, 1.82) is 0 Å². The van der Waals surface area contributed by atoms with Gasteiger partial charge in [-0.2, -0.15) is 0 Å². The summed E-state index contributed by atoms with van der Waals surface area (Å²) in [5.74, 6) is -0.983. The number of rotatable bonds is 3. The van der Waals surface area contributed by atoms with Crippen molar-refractivity contribution in [2.24, 2.45) is 0 Å². The molecule has 1 N–H and O–H groups in total. The van der Waals surface area contributed by atoms with Gasteiger partial charge in [-0.1, -0.05) is 11.6 Å². The van der Waals surface area contributed by atoms with Crippen LogP contribution in [0, 0.1) is 10.6 Å². The number of benzene rings is 1. The average Bonchev–Trinajstić information content (AvgIpc) is 2.65. The van der Waals surface area contributed by atoms with Gasteiger partial charge in [0, 0.05) is 6.07 Å². The molecule has 1 unspecified atom stereocenters. The van der Waals surface area contributed by atoms with Crippen LogP contribution in [0.5, 0.6) is 0 Å². The van der Waals surface area contributed by atoms with E-state index in [4.69, 9.17) is 28.6 Å². The number of ether oxygens (including phenoxy) is 1.